The van der Waals surface area contributed by atoms with Crippen molar-refractivity contribution >= 4 is 23.8 Å². The molecule has 1 saturated heterocycles. The normalized spacial score (nSPS) is 22.5. The van der Waals surface area contributed by atoms with Crippen molar-refractivity contribution in [2.75, 3.05) is 32.7 Å². The van der Waals surface area contributed by atoms with E-state index in [0.29, 0.717) is 13.0 Å². The van der Waals surface area contributed by atoms with Crippen LogP contribution in [0.1, 0.15) is 51.5 Å². The molecule has 6 N–H and O–H groups in total. The van der Waals surface area contributed by atoms with Gasteiger partial charge in [-0.15, -0.1) is 0 Å². The lowest BCUT2D eigenvalue weighted by molar-refractivity contribution is -0.138. The number of carbonyl (C=O) groups excluding carboxylic acids is 4. The van der Waals surface area contributed by atoms with E-state index in [2.05, 4.69) is 21.3 Å². The van der Waals surface area contributed by atoms with Crippen molar-refractivity contribution in [2.45, 2.75) is 76.9 Å². The number of alkyl carbamates (subject to hydrolysis) is 1. The summed E-state index contributed by atoms with van der Waals surface area (Å²) in [5.41, 5.74) is 0.803. The molecule has 0 aliphatic carbocycles. The van der Waals surface area contributed by atoms with Crippen LogP contribution in [0.3, 0.4) is 0 Å². The van der Waals surface area contributed by atoms with Crippen molar-refractivity contribution in [1.82, 2.24) is 26.2 Å². The number of hydrogen-bond donors (Lipinski definition) is 6. The lowest BCUT2D eigenvalue weighted by Crippen LogP contribution is -2.48. The second-order valence-electron chi connectivity index (χ2n) is 10.0. The summed E-state index contributed by atoms with van der Waals surface area (Å²) < 4.78 is 5.24. The van der Waals surface area contributed by atoms with Crippen LogP contribution in [-0.4, -0.2) is 95.9 Å². The third-order valence-corrected chi connectivity index (χ3v) is 6.17. The summed E-state index contributed by atoms with van der Waals surface area (Å²) in [6.45, 7) is 4.93. The van der Waals surface area contributed by atoms with E-state index >= 15 is 0 Å². The van der Waals surface area contributed by atoms with E-state index in [0.717, 1.165) is 5.56 Å². The summed E-state index contributed by atoms with van der Waals surface area (Å²) in [6.07, 6.45) is -2.32. The van der Waals surface area contributed by atoms with E-state index in [4.69, 9.17) is 4.74 Å². The number of ether oxygens (including phenoxy) is 1. The zero-order valence-electron chi connectivity index (χ0n) is 22.9. The van der Waals surface area contributed by atoms with Crippen LogP contribution in [0.5, 0.6) is 0 Å². The molecule has 2 rings (SSSR count). The van der Waals surface area contributed by atoms with Gasteiger partial charge in [-0.2, -0.15) is 0 Å². The third kappa shape index (κ3) is 13.4. The van der Waals surface area contributed by atoms with E-state index in [1.165, 1.54) is 4.90 Å². The van der Waals surface area contributed by atoms with E-state index in [9.17, 15) is 29.4 Å². The maximum Gasteiger partial charge on any atom is 0.408 e. The fraction of sp³-hybridized carbons (Fsp3) is 0.630. The molecule has 1 heterocycles. The number of amides is 4. The maximum atomic E-state index is 12.8. The zero-order valence-corrected chi connectivity index (χ0v) is 22.9. The van der Waals surface area contributed by atoms with Crippen molar-refractivity contribution < 1.29 is 34.1 Å². The van der Waals surface area contributed by atoms with Crippen molar-refractivity contribution in [1.29, 1.82) is 0 Å². The van der Waals surface area contributed by atoms with Crippen molar-refractivity contribution in [3.8, 4) is 0 Å². The molecular weight excluding hydrogens is 506 g/mol. The van der Waals surface area contributed by atoms with Crippen LogP contribution in [0.15, 0.2) is 30.3 Å². The van der Waals surface area contributed by atoms with Crippen LogP contribution in [0, 0.1) is 0 Å². The molecule has 1 aromatic carbocycles. The molecule has 1 aliphatic heterocycles. The molecule has 1 aliphatic rings. The number of aliphatic hydroxyl groups excluding tert-OH is 2. The van der Waals surface area contributed by atoms with Gasteiger partial charge >= 0.3 is 6.09 Å². The summed E-state index contributed by atoms with van der Waals surface area (Å²) >= 11 is 0. The number of nitrogens with one attached hydrogen (secondary N) is 4. The Kier molecular flexibility index (Phi) is 14.3. The minimum absolute atomic E-state index is 0.0491. The molecule has 3 atom stereocenters. The van der Waals surface area contributed by atoms with Crippen molar-refractivity contribution in [3.63, 3.8) is 0 Å². The summed E-state index contributed by atoms with van der Waals surface area (Å²) in [4.78, 5) is 51.9. The van der Waals surface area contributed by atoms with Crippen molar-refractivity contribution in [3.05, 3.63) is 35.9 Å². The standard InChI is InChI=1S/C27H43N5O7/c1-19(2)28-13-14-32-17-24(35)29-11-6-9-23(31-27(38)39-18-20-7-4-3-5-8-20)26(37)30-12-10-21(33)15-22(34)16-25(32)36/h3-5,7-8,19,21-23,28,33-34H,6,9-18H2,1-2H3,(H,29,35)(H,30,37)(H,31,38)/t21-,22-,23+/m1/s1. The van der Waals surface area contributed by atoms with Crippen LogP contribution in [0.25, 0.3) is 0 Å². The van der Waals surface area contributed by atoms with Gasteiger partial charge in [-0.25, -0.2) is 4.79 Å². The van der Waals surface area contributed by atoms with Gasteiger partial charge in [0, 0.05) is 32.2 Å². The van der Waals surface area contributed by atoms with E-state index < -0.39 is 30.3 Å². The second-order valence-corrected chi connectivity index (χ2v) is 10.0. The molecule has 4 amide bonds. The number of nitrogens with zero attached hydrogens (tertiary/aromatic N) is 1. The lowest BCUT2D eigenvalue weighted by Gasteiger charge is -2.25. The molecule has 1 aromatic rings. The highest BCUT2D eigenvalue weighted by Gasteiger charge is 2.24. The molecule has 218 valence electrons. The number of benzene rings is 1. The van der Waals surface area contributed by atoms with Gasteiger partial charge in [-0.3, -0.25) is 14.4 Å². The van der Waals surface area contributed by atoms with Crippen LogP contribution in [0.2, 0.25) is 0 Å². The molecule has 12 nitrogen and oxygen atoms in total. The lowest BCUT2D eigenvalue weighted by atomic mass is 10.1. The monoisotopic (exact) mass is 549 g/mol. The van der Waals surface area contributed by atoms with Gasteiger partial charge in [-0.05, 0) is 31.2 Å². The Labute approximate surface area is 229 Å². The maximum absolute atomic E-state index is 12.8. The summed E-state index contributed by atoms with van der Waals surface area (Å²) in [5, 5.41) is 31.9. The minimum Gasteiger partial charge on any atom is -0.445 e. The van der Waals surface area contributed by atoms with Crippen LogP contribution in [-0.2, 0) is 25.7 Å². The Balaban J connectivity index is 2.01. The Morgan fingerprint density at radius 2 is 1.82 bits per heavy atom. The summed E-state index contributed by atoms with van der Waals surface area (Å²) in [5.74, 6) is -1.21. The fourth-order valence-corrected chi connectivity index (χ4v) is 4.05. The molecular formula is C27H43N5O7. The highest BCUT2D eigenvalue weighted by Crippen LogP contribution is 2.09. The van der Waals surface area contributed by atoms with Gasteiger partial charge < -0.3 is 41.1 Å². The van der Waals surface area contributed by atoms with Crippen LogP contribution in [0.4, 0.5) is 4.79 Å². The average Bonchev–Trinajstić information content (AvgIpc) is 2.88. The van der Waals surface area contributed by atoms with Crippen molar-refractivity contribution in [2.24, 2.45) is 0 Å². The molecule has 0 saturated carbocycles. The number of aliphatic hydroxyl groups is 2. The predicted molar refractivity (Wildman–Crippen MR) is 144 cm³/mol. The SMILES string of the molecule is CC(C)NCCN1CC(=O)NCCC[C@H](NC(=O)OCc2ccccc2)C(=O)NCC[C@@H](O)C[C@@H](O)CC1=O. The first-order valence-electron chi connectivity index (χ1n) is 13.5. The average molecular weight is 550 g/mol. The summed E-state index contributed by atoms with van der Waals surface area (Å²) in [7, 11) is 0. The van der Waals surface area contributed by atoms with E-state index in [-0.39, 0.29) is 76.3 Å². The predicted octanol–water partition coefficient (Wildman–Crippen LogP) is 0.0263. The van der Waals surface area contributed by atoms with Gasteiger partial charge in [0.25, 0.3) is 0 Å². The molecule has 39 heavy (non-hydrogen) atoms. The van der Waals surface area contributed by atoms with Crippen LogP contribution >= 0.6 is 0 Å². The first kappa shape index (κ1) is 32.0. The smallest absolute Gasteiger partial charge is 0.408 e. The molecule has 0 aromatic heterocycles. The Hall–Kier alpha value is -3.22. The van der Waals surface area contributed by atoms with Gasteiger partial charge in [0.1, 0.15) is 12.6 Å². The molecule has 1 fully saturated rings. The Morgan fingerprint density at radius 1 is 1.08 bits per heavy atom. The first-order valence-corrected chi connectivity index (χ1v) is 13.5. The Morgan fingerprint density at radius 3 is 2.54 bits per heavy atom. The summed E-state index contributed by atoms with van der Waals surface area (Å²) in [6, 6.07) is 8.43. The quantitative estimate of drug-likeness (QED) is 0.277. The third-order valence-electron chi connectivity index (χ3n) is 6.17. The van der Waals surface area contributed by atoms with Crippen LogP contribution < -0.4 is 21.3 Å². The number of carbonyl (C=O) groups is 4. The van der Waals surface area contributed by atoms with Gasteiger partial charge in [0.15, 0.2) is 0 Å². The molecule has 0 bridgehead atoms. The topological polar surface area (TPSA) is 169 Å². The fourth-order valence-electron chi connectivity index (χ4n) is 4.05. The molecule has 0 radical (unpaired) electrons. The van der Waals surface area contributed by atoms with Gasteiger partial charge in [0.05, 0.1) is 25.2 Å². The highest BCUT2D eigenvalue weighted by atomic mass is 16.5. The molecule has 0 unspecified atom stereocenters. The highest BCUT2D eigenvalue weighted by molar-refractivity contribution is 5.86. The zero-order chi connectivity index (χ0) is 28.6. The van der Waals surface area contributed by atoms with Gasteiger partial charge in [-0.1, -0.05) is 44.2 Å². The van der Waals surface area contributed by atoms with E-state index in [1.54, 1.807) is 0 Å². The number of hydrogen-bond acceptors (Lipinski definition) is 8. The van der Waals surface area contributed by atoms with E-state index in [1.807, 2.05) is 44.2 Å². The second kappa shape index (κ2) is 17.4. The molecule has 12 heteroatoms. The largest absolute Gasteiger partial charge is 0.445 e. The number of rotatable bonds is 7. The van der Waals surface area contributed by atoms with Gasteiger partial charge in [0.2, 0.25) is 17.7 Å². The Bertz CT molecular complexity index is 915. The minimum atomic E-state index is -1.10. The first-order chi connectivity index (χ1) is 18.6. The molecule has 0 spiro atoms.